The van der Waals surface area contributed by atoms with Crippen LogP contribution in [-0.4, -0.2) is 34.9 Å². The Morgan fingerprint density at radius 1 is 1.32 bits per heavy atom. The quantitative estimate of drug-likeness (QED) is 0.356. The van der Waals surface area contributed by atoms with Crippen LogP contribution in [0.2, 0.25) is 0 Å². The van der Waals surface area contributed by atoms with Gasteiger partial charge in [-0.3, -0.25) is 4.79 Å². The first kappa shape index (κ1) is 15.0. The Morgan fingerprint density at radius 3 is 2.42 bits per heavy atom. The smallest absolute Gasteiger partial charge is 0.253 e. The number of aryl methyl sites for hydroxylation is 1. The summed E-state index contributed by atoms with van der Waals surface area (Å²) in [5, 5.41) is 11.4. The molecule has 0 spiro atoms. The molecular weight excluding hydrogens is 242 g/mol. The summed E-state index contributed by atoms with van der Waals surface area (Å²) in [4.78, 5) is 13.9. The summed E-state index contributed by atoms with van der Waals surface area (Å²) < 4.78 is 0. The number of carbonyl (C=O) groups excluding carboxylic acids is 1. The predicted octanol–water partition coefficient (Wildman–Crippen LogP) is 1.85. The summed E-state index contributed by atoms with van der Waals surface area (Å²) in [6.07, 6.45) is 1.32. The molecule has 3 N–H and O–H groups in total. The zero-order valence-electron chi connectivity index (χ0n) is 11.5. The van der Waals surface area contributed by atoms with Crippen molar-refractivity contribution in [3.8, 4) is 0 Å². The Morgan fingerprint density at radius 2 is 1.95 bits per heavy atom. The van der Waals surface area contributed by atoms with E-state index in [4.69, 9.17) is 10.9 Å². The average Bonchev–Trinajstić information content (AvgIpc) is 2.47. The van der Waals surface area contributed by atoms with E-state index in [1.54, 1.807) is 4.90 Å². The molecule has 0 atom stereocenters. The molecule has 0 aliphatic rings. The molecule has 1 aromatic carbocycles. The SMILES string of the molecule is CCc1ccc(C(=O)N(CC)CCC(N)=NO)cc1. The molecule has 0 aliphatic carbocycles. The molecule has 104 valence electrons. The molecule has 0 fully saturated rings. The van der Waals surface area contributed by atoms with E-state index in [1.807, 2.05) is 31.2 Å². The Balaban J connectivity index is 2.71. The van der Waals surface area contributed by atoms with E-state index in [0.29, 0.717) is 25.1 Å². The van der Waals surface area contributed by atoms with Gasteiger partial charge in [-0.25, -0.2) is 0 Å². The lowest BCUT2D eigenvalue weighted by Gasteiger charge is -2.20. The summed E-state index contributed by atoms with van der Waals surface area (Å²) in [7, 11) is 0. The van der Waals surface area contributed by atoms with Crippen LogP contribution in [-0.2, 0) is 6.42 Å². The van der Waals surface area contributed by atoms with Gasteiger partial charge in [-0.15, -0.1) is 0 Å². The number of nitrogens with zero attached hydrogens (tertiary/aromatic N) is 2. The standard InChI is InChI=1S/C14H21N3O2/c1-3-11-5-7-12(8-6-11)14(18)17(4-2)10-9-13(15)16-19/h5-8,19H,3-4,9-10H2,1-2H3,(H2,15,16). The van der Waals surface area contributed by atoms with Crippen LogP contribution in [0.15, 0.2) is 29.4 Å². The van der Waals surface area contributed by atoms with Crippen LogP contribution in [0.4, 0.5) is 0 Å². The van der Waals surface area contributed by atoms with Crippen molar-refractivity contribution in [2.24, 2.45) is 10.9 Å². The van der Waals surface area contributed by atoms with Gasteiger partial charge in [0.2, 0.25) is 0 Å². The van der Waals surface area contributed by atoms with E-state index in [2.05, 4.69) is 12.1 Å². The van der Waals surface area contributed by atoms with Crippen molar-refractivity contribution in [2.75, 3.05) is 13.1 Å². The maximum absolute atomic E-state index is 12.3. The Hall–Kier alpha value is -2.04. The highest BCUT2D eigenvalue weighted by atomic mass is 16.4. The third-order valence-electron chi connectivity index (χ3n) is 3.04. The number of carbonyl (C=O) groups is 1. The lowest BCUT2D eigenvalue weighted by molar-refractivity contribution is 0.0768. The topological polar surface area (TPSA) is 78.9 Å². The molecule has 1 amide bonds. The van der Waals surface area contributed by atoms with Crippen LogP contribution in [0, 0.1) is 0 Å². The average molecular weight is 263 g/mol. The van der Waals surface area contributed by atoms with Crippen molar-refractivity contribution in [1.82, 2.24) is 4.90 Å². The van der Waals surface area contributed by atoms with E-state index in [-0.39, 0.29) is 11.7 Å². The van der Waals surface area contributed by atoms with E-state index in [1.165, 1.54) is 5.56 Å². The monoisotopic (exact) mass is 263 g/mol. The molecule has 5 nitrogen and oxygen atoms in total. The second-order valence-corrected chi connectivity index (χ2v) is 4.28. The number of hydrogen-bond acceptors (Lipinski definition) is 3. The third kappa shape index (κ3) is 4.28. The van der Waals surface area contributed by atoms with Crippen LogP contribution in [0.1, 0.15) is 36.2 Å². The van der Waals surface area contributed by atoms with Crippen LogP contribution in [0.3, 0.4) is 0 Å². The fraction of sp³-hybridized carbons (Fsp3) is 0.429. The van der Waals surface area contributed by atoms with Crippen molar-refractivity contribution in [2.45, 2.75) is 26.7 Å². The summed E-state index contributed by atoms with van der Waals surface area (Å²) in [6, 6.07) is 7.61. The predicted molar refractivity (Wildman–Crippen MR) is 75.4 cm³/mol. The molecule has 1 rings (SSSR count). The van der Waals surface area contributed by atoms with Gasteiger partial charge in [0.05, 0.1) is 0 Å². The second kappa shape index (κ2) is 7.41. The molecule has 0 radical (unpaired) electrons. The minimum absolute atomic E-state index is 0.0316. The first-order valence-electron chi connectivity index (χ1n) is 6.47. The number of benzene rings is 1. The van der Waals surface area contributed by atoms with Crippen molar-refractivity contribution >= 4 is 11.7 Å². The van der Waals surface area contributed by atoms with E-state index < -0.39 is 0 Å². The number of hydrogen-bond donors (Lipinski definition) is 2. The second-order valence-electron chi connectivity index (χ2n) is 4.28. The minimum Gasteiger partial charge on any atom is -0.409 e. The molecule has 0 heterocycles. The van der Waals surface area contributed by atoms with Gasteiger partial charge in [-0.1, -0.05) is 24.2 Å². The molecule has 0 unspecified atom stereocenters. The Kier molecular flexibility index (Phi) is 5.85. The van der Waals surface area contributed by atoms with Crippen LogP contribution in [0.5, 0.6) is 0 Å². The van der Waals surface area contributed by atoms with Crippen molar-refractivity contribution in [3.05, 3.63) is 35.4 Å². The van der Waals surface area contributed by atoms with E-state index in [0.717, 1.165) is 6.42 Å². The Labute approximate surface area is 113 Å². The van der Waals surface area contributed by atoms with Gasteiger partial charge in [-0.05, 0) is 31.0 Å². The first-order valence-corrected chi connectivity index (χ1v) is 6.47. The van der Waals surface area contributed by atoms with Gasteiger partial charge in [-0.2, -0.15) is 0 Å². The highest BCUT2D eigenvalue weighted by Crippen LogP contribution is 2.08. The molecule has 19 heavy (non-hydrogen) atoms. The van der Waals surface area contributed by atoms with Gasteiger partial charge in [0.1, 0.15) is 5.84 Å². The van der Waals surface area contributed by atoms with E-state index in [9.17, 15) is 4.79 Å². The fourth-order valence-corrected chi connectivity index (χ4v) is 1.77. The van der Waals surface area contributed by atoms with Gasteiger partial charge in [0.15, 0.2) is 0 Å². The highest BCUT2D eigenvalue weighted by molar-refractivity contribution is 5.94. The van der Waals surface area contributed by atoms with Gasteiger partial charge < -0.3 is 15.8 Å². The maximum Gasteiger partial charge on any atom is 0.253 e. The maximum atomic E-state index is 12.3. The fourth-order valence-electron chi connectivity index (χ4n) is 1.77. The Bertz CT molecular complexity index is 441. The highest BCUT2D eigenvalue weighted by Gasteiger charge is 2.14. The molecule has 5 heteroatoms. The first-order chi connectivity index (χ1) is 9.12. The summed E-state index contributed by atoms with van der Waals surface area (Å²) in [5.41, 5.74) is 7.28. The van der Waals surface area contributed by atoms with Gasteiger partial charge in [0, 0.05) is 25.1 Å². The lowest BCUT2D eigenvalue weighted by Crippen LogP contribution is -2.33. The minimum atomic E-state index is -0.0316. The normalized spacial score (nSPS) is 11.4. The molecular formula is C14H21N3O2. The number of amides is 1. The van der Waals surface area contributed by atoms with Gasteiger partial charge >= 0.3 is 0 Å². The molecule has 1 aromatic rings. The summed E-state index contributed by atoms with van der Waals surface area (Å²) in [6.45, 7) is 5.02. The molecule has 0 bridgehead atoms. The van der Waals surface area contributed by atoms with Crippen LogP contribution >= 0.6 is 0 Å². The zero-order chi connectivity index (χ0) is 14.3. The number of rotatable bonds is 6. The van der Waals surface area contributed by atoms with Crippen molar-refractivity contribution in [3.63, 3.8) is 0 Å². The summed E-state index contributed by atoms with van der Waals surface area (Å²) >= 11 is 0. The van der Waals surface area contributed by atoms with Gasteiger partial charge in [0.25, 0.3) is 5.91 Å². The van der Waals surface area contributed by atoms with E-state index >= 15 is 0 Å². The summed E-state index contributed by atoms with van der Waals surface area (Å²) in [5.74, 6) is 0.100. The number of amidine groups is 1. The third-order valence-corrected chi connectivity index (χ3v) is 3.04. The number of oxime groups is 1. The van der Waals surface area contributed by atoms with Crippen molar-refractivity contribution in [1.29, 1.82) is 0 Å². The molecule has 0 aliphatic heterocycles. The van der Waals surface area contributed by atoms with Crippen molar-refractivity contribution < 1.29 is 10.0 Å². The number of nitrogens with two attached hydrogens (primary N) is 1. The molecule has 0 aromatic heterocycles. The molecule has 0 saturated heterocycles. The van der Waals surface area contributed by atoms with Crippen LogP contribution < -0.4 is 5.73 Å². The lowest BCUT2D eigenvalue weighted by atomic mass is 10.1. The molecule has 0 saturated carbocycles. The van der Waals surface area contributed by atoms with Crippen LogP contribution in [0.25, 0.3) is 0 Å². The largest absolute Gasteiger partial charge is 0.409 e. The zero-order valence-corrected chi connectivity index (χ0v) is 11.5.